The lowest BCUT2D eigenvalue weighted by atomic mass is 9.95. The van der Waals surface area contributed by atoms with E-state index in [4.69, 9.17) is 4.74 Å². The SMILES string of the molecule is Br.COc1ccc(CNC2CCCCC2)cc1Br. The molecule has 4 heteroatoms. The van der Waals surface area contributed by atoms with E-state index in [1.807, 2.05) is 6.07 Å². The van der Waals surface area contributed by atoms with E-state index in [0.717, 1.165) is 16.8 Å². The fourth-order valence-electron chi connectivity index (χ4n) is 2.39. The number of rotatable bonds is 4. The van der Waals surface area contributed by atoms with Crippen molar-refractivity contribution in [3.8, 4) is 5.75 Å². The quantitative estimate of drug-likeness (QED) is 0.835. The van der Waals surface area contributed by atoms with E-state index in [9.17, 15) is 0 Å². The van der Waals surface area contributed by atoms with Gasteiger partial charge < -0.3 is 10.1 Å². The van der Waals surface area contributed by atoms with Crippen molar-refractivity contribution in [1.82, 2.24) is 5.32 Å². The fourth-order valence-corrected chi connectivity index (χ4v) is 2.98. The summed E-state index contributed by atoms with van der Waals surface area (Å²) in [6.45, 7) is 0.952. The van der Waals surface area contributed by atoms with Crippen LogP contribution in [0.25, 0.3) is 0 Å². The van der Waals surface area contributed by atoms with Crippen LogP contribution in [0.4, 0.5) is 0 Å². The van der Waals surface area contributed by atoms with Gasteiger partial charge in [-0.15, -0.1) is 17.0 Å². The first-order valence-electron chi connectivity index (χ1n) is 6.35. The van der Waals surface area contributed by atoms with Crippen molar-refractivity contribution >= 4 is 32.9 Å². The minimum absolute atomic E-state index is 0. The van der Waals surface area contributed by atoms with Gasteiger partial charge in [0.05, 0.1) is 11.6 Å². The highest BCUT2D eigenvalue weighted by atomic mass is 79.9. The van der Waals surface area contributed by atoms with Crippen LogP contribution in [0.3, 0.4) is 0 Å². The summed E-state index contributed by atoms with van der Waals surface area (Å²) in [6, 6.07) is 6.99. The topological polar surface area (TPSA) is 21.3 Å². The summed E-state index contributed by atoms with van der Waals surface area (Å²) in [5.41, 5.74) is 1.31. The van der Waals surface area contributed by atoms with Crippen molar-refractivity contribution in [2.75, 3.05) is 7.11 Å². The van der Waals surface area contributed by atoms with E-state index in [1.54, 1.807) is 7.11 Å². The maximum absolute atomic E-state index is 5.23. The maximum Gasteiger partial charge on any atom is 0.133 e. The molecule has 2 rings (SSSR count). The monoisotopic (exact) mass is 377 g/mol. The molecule has 0 atom stereocenters. The molecule has 2 nitrogen and oxygen atoms in total. The Morgan fingerprint density at radius 1 is 1.28 bits per heavy atom. The van der Waals surface area contributed by atoms with Crippen LogP contribution in [-0.2, 0) is 6.54 Å². The Bertz CT molecular complexity index is 365. The molecule has 0 radical (unpaired) electrons. The molecule has 1 saturated carbocycles. The van der Waals surface area contributed by atoms with E-state index in [2.05, 4.69) is 33.4 Å². The second kappa shape index (κ2) is 8.18. The van der Waals surface area contributed by atoms with Gasteiger partial charge in [0.2, 0.25) is 0 Å². The van der Waals surface area contributed by atoms with Crippen molar-refractivity contribution in [2.24, 2.45) is 0 Å². The van der Waals surface area contributed by atoms with Gasteiger partial charge in [0, 0.05) is 12.6 Å². The molecule has 0 bridgehead atoms. The Morgan fingerprint density at radius 2 is 2.00 bits per heavy atom. The average Bonchev–Trinajstić information content (AvgIpc) is 2.38. The minimum atomic E-state index is 0. The van der Waals surface area contributed by atoms with Gasteiger partial charge in [0.1, 0.15) is 5.75 Å². The van der Waals surface area contributed by atoms with Crippen LogP contribution < -0.4 is 10.1 Å². The summed E-state index contributed by atoms with van der Waals surface area (Å²) in [4.78, 5) is 0. The molecule has 0 aromatic heterocycles. The number of ether oxygens (including phenoxy) is 1. The van der Waals surface area contributed by atoms with E-state index >= 15 is 0 Å². The molecule has 18 heavy (non-hydrogen) atoms. The van der Waals surface area contributed by atoms with E-state index < -0.39 is 0 Å². The summed E-state index contributed by atoms with van der Waals surface area (Å²) < 4.78 is 6.26. The Labute approximate surface area is 128 Å². The number of halogens is 2. The van der Waals surface area contributed by atoms with E-state index in [-0.39, 0.29) is 17.0 Å². The summed E-state index contributed by atoms with van der Waals surface area (Å²) in [6.07, 6.45) is 6.83. The molecule has 1 aliphatic rings. The average molecular weight is 379 g/mol. The predicted octanol–water partition coefficient (Wildman–Crippen LogP) is 4.46. The van der Waals surface area contributed by atoms with Crippen LogP contribution in [-0.4, -0.2) is 13.2 Å². The molecular weight excluding hydrogens is 358 g/mol. The maximum atomic E-state index is 5.23. The number of benzene rings is 1. The van der Waals surface area contributed by atoms with Gasteiger partial charge in [0.15, 0.2) is 0 Å². The Hall–Kier alpha value is -0.0600. The first-order valence-corrected chi connectivity index (χ1v) is 7.14. The first-order chi connectivity index (χ1) is 8.29. The third-order valence-corrected chi connectivity index (χ3v) is 4.04. The van der Waals surface area contributed by atoms with Crippen LogP contribution in [0.1, 0.15) is 37.7 Å². The summed E-state index contributed by atoms with van der Waals surface area (Å²) in [7, 11) is 1.69. The number of methoxy groups -OCH3 is 1. The second-order valence-corrected chi connectivity index (χ2v) is 5.54. The number of hydrogen-bond donors (Lipinski definition) is 1. The zero-order valence-electron chi connectivity index (χ0n) is 10.7. The van der Waals surface area contributed by atoms with Gasteiger partial charge in [0.25, 0.3) is 0 Å². The predicted molar refractivity (Wildman–Crippen MR) is 84.7 cm³/mol. The van der Waals surface area contributed by atoms with Crippen LogP contribution >= 0.6 is 32.9 Å². The van der Waals surface area contributed by atoms with Crippen molar-refractivity contribution in [3.05, 3.63) is 28.2 Å². The highest BCUT2D eigenvalue weighted by Gasteiger charge is 2.12. The molecule has 0 unspecified atom stereocenters. The normalized spacial score (nSPS) is 16.1. The van der Waals surface area contributed by atoms with Crippen molar-refractivity contribution in [3.63, 3.8) is 0 Å². The van der Waals surface area contributed by atoms with Gasteiger partial charge >= 0.3 is 0 Å². The highest BCUT2D eigenvalue weighted by Crippen LogP contribution is 2.25. The van der Waals surface area contributed by atoms with Gasteiger partial charge in [-0.2, -0.15) is 0 Å². The molecule has 0 spiro atoms. The van der Waals surface area contributed by atoms with Gasteiger partial charge in [-0.1, -0.05) is 25.3 Å². The molecule has 1 aromatic rings. The van der Waals surface area contributed by atoms with Gasteiger partial charge in [-0.25, -0.2) is 0 Å². The fraction of sp³-hybridized carbons (Fsp3) is 0.571. The molecule has 0 heterocycles. The van der Waals surface area contributed by atoms with Crippen molar-refractivity contribution in [2.45, 2.75) is 44.7 Å². The molecule has 0 saturated heterocycles. The van der Waals surface area contributed by atoms with Crippen LogP contribution in [0.2, 0.25) is 0 Å². The molecule has 1 N–H and O–H groups in total. The van der Waals surface area contributed by atoms with Crippen LogP contribution in [0, 0.1) is 0 Å². The lowest BCUT2D eigenvalue weighted by Crippen LogP contribution is -2.30. The molecule has 1 aromatic carbocycles. The standard InChI is InChI=1S/C14H20BrNO.BrH/c1-17-14-8-7-11(9-13(14)15)10-16-12-5-3-2-4-6-12;/h7-9,12,16H,2-6,10H2,1H3;1H. The molecule has 1 fully saturated rings. The minimum Gasteiger partial charge on any atom is -0.496 e. The molecule has 0 amide bonds. The number of hydrogen-bond acceptors (Lipinski definition) is 2. The van der Waals surface area contributed by atoms with Crippen LogP contribution in [0.5, 0.6) is 5.75 Å². The molecule has 102 valence electrons. The molecular formula is C14H21Br2NO. The van der Waals surface area contributed by atoms with Crippen molar-refractivity contribution < 1.29 is 4.74 Å². The summed E-state index contributed by atoms with van der Waals surface area (Å²) >= 11 is 3.52. The zero-order chi connectivity index (χ0) is 12.1. The molecule has 0 aliphatic heterocycles. The Kier molecular flexibility index (Phi) is 7.27. The van der Waals surface area contributed by atoms with Crippen LogP contribution in [0.15, 0.2) is 22.7 Å². The smallest absolute Gasteiger partial charge is 0.133 e. The Balaban J connectivity index is 0.00000162. The number of nitrogens with one attached hydrogen (secondary N) is 1. The van der Waals surface area contributed by atoms with Gasteiger partial charge in [-0.05, 0) is 46.5 Å². The lowest BCUT2D eigenvalue weighted by molar-refractivity contribution is 0.372. The summed E-state index contributed by atoms with van der Waals surface area (Å²) in [5.74, 6) is 0.895. The largest absolute Gasteiger partial charge is 0.496 e. The zero-order valence-corrected chi connectivity index (χ0v) is 14.0. The van der Waals surface area contributed by atoms with E-state index in [1.165, 1.54) is 37.7 Å². The van der Waals surface area contributed by atoms with E-state index in [0.29, 0.717) is 6.04 Å². The molecule has 1 aliphatic carbocycles. The highest BCUT2D eigenvalue weighted by molar-refractivity contribution is 9.10. The van der Waals surface area contributed by atoms with Crippen molar-refractivity contribution in [1.29, 1.82) is 0 Å². The first kappa shape index (κ1) is 16.0. The lowest BCUT2D eigenvalue weighted by Gasteiger charge is -2.23. The second-order valence-electron chi connectivity index (χ2n) is 4.68. The third-order valence-electron chi connectivity index (χ3n) is 3.42. The Morgan fingerprint density at radius 3 is 2.61 bits per heavy atom. The third kappa shape index (κ3) is 4.56. The summed E-state index contributed by atoms with van der Waals surface area (Å²) in [5, 5.41) is 3.64. The van der Waals surface area contributed by atoms with Gasteiger partial charge in [-0.3, -0.25) is 0 Å².